The van der Waals surface area contributed by atoms with Gasteiger partial charge in [-0.1, -0.05) is 6.42 Å². The van der Waals surface area contributed by atoms with E-state index in [1.807, 2.05) is 6.92 Å². The first-order chi connectivity index (χ1) is 8.12. The lowest BCUT2D eigenvalue weighted by atomic mass is 9.96. The quantitative estimate of drug-likeness (QED) is 0.640. The second kappa shape index (κ2) is 5.33. The lowest BCUT2D eigenvalue weighted by Crippen LogP contribution is -2.53. The minimum atomic E-state index is -0.898. The molecular formula is C12H22N2O3. The number of hydrogen-bond donors (Lipinski definition) is 3. The third kappa shape index (κ3) is 2.97. The maximum atomic E-state index is 11.9. The van der Waals surface area contributed by atoms with Gasteiger partial charge in [0.05, 0.1) is 12.1 Å². The van der Waals surface area contributed by atoms with E-state index >= 15 is 0 Å². The number of rotatable bonds is 3. The van der Waals surface area contributed by atoms with Crippen LogP contribution in [0.3, 0.4) is 0 Å². The molecule has 0 radical (unpaired) electrons. The molecule has 3 N–H and O–H groups in total. The summed E-state index contributed by atoms with van der Waals surface area (Å²) in [7, 11) is 0. The van der Waals surface area contributed by atoms with Crippen LogP contribution in [0, 0.1) is 0 Å². The number of hydrogen-bond acceptors (Lipinski definition) is 4. The van der Waals surface area contributed by atoms with Crippen molar-refractivity contribution >= 4 is 5.91 Å². The van der Waals surface area contributed by atoms with Crippen molar-refractivity contribution in [2.75, 3.05) is 19.7 Å². The highest BCUT2D eigenvalue weighted by atomic mass is 16.5. The Balaban J connectivity index is 1.79. The molecule has 17 heavy (non-hydrogen) atoms. The monoisotopic (exact) mass is 242 g/mol. The Morgan fingerprint density at radius 2 is 2.41 bits per heavy atom. The largest absolute Gasteiger partial charge is 0.385 e. The van der Waals surface area contributed by atoms with Gasteiger partial charge in [-0.3, -0.25) is 4.79 Å². The topological polar surface area (TPSA) is 70.6 Å². The number of amides is 1. The van der Waals surface area contributed by atoms with E-state index in [1.54, 1.807) is 0 Å². The zero-order valence-electron chi connectivity index (χ0n) is 10.4. The van der Waals surface area contributed by atoms with Crippen LogP contribution >= 0.6 is 0 Å². The normalized spacial score (nSPS) is 38.0. The fraction of sp³-hybridized carbons (Fsp3) is 0.917. The van der Waals surface area contributed by atoms with Crippen molar-refractivity contribution in [3.8, 4) is 0 Å². The maximum absolute atomic E-state index is 11.9. The van der Waals surface area contributed by atoms with Gasteiger partial charge < -0.3 is 20.5 Å². The summed E-state index contributed by atoms with van der Waals surface area (Å²) in [5.41, 5.74) is -0.898. The van der Waals surface area contributed by atoms with Crippen molar-refractivity contribution < 1.29 is 14.6 Å². The van der Waals surface area contributed by atoms with Crippen molar-refractivity contribution in [3.05, 3.63) is 0 Å². The fourth-order valence-corrected chi connectivity index (χ4v) is 2.44. The molecule has 0 bridgehead atoms. The van der Waals surface area contributed by atoms with Gasteiger partial charge in [-0.25, -0.2) is 0 Å². The molecule has 98 valence electrons. The predicted octanol–water partition coefficient (Wildman–Crippen LogP) is -0.215. The Bertz CT molecular complexity index is 279. The average molecular weight is 242 g/mol. The average Bonchev–Trinajstić information content (AvgIpc) is 2.68. The van der Waals surface area contributed by atoms with Crippen molar-refractivity contribution in [2.45, 2.75) is 50.4 Å². The Morgan fingerprint density at radius 1 is 1.59 bits per heavy atom. The highest BCUT2D eigenvalue weighted by molar-refractivity contribution is 5.81. The molecule has 2 rings (SSSR count). The SMILES string of the molecule is CC1OCCC1(O)CNC(=O)[C@@H]1CCCCN1. The Labute approximate surface area is 102 Å². The minimum Gasteiger partial charge on any atom is -0.385 e. The number of nitrogens with one attached hydrogen (secondary N) is 2. The molecule has 2 aliphatic rings. The summed E-state index contributed by atoms with van der Waals surface area (Å²) < 4.78 is 5.33. The lowest BCUT2D eigenvalue weighted by Gasteiger charge is -2.28. The molecule has 0 aromatic rings. The molecule has 0 saturated carbocycles. The number of aliphatic hydroxyl groups is 1. The Hall–Kier alpha value is -0.650. The zero-order valence-corrected chi connectivity index (χ0v) is 10.4. The van der Waals surface area contributed by atoms with Crippen LogP contribution in [-0.4, -0.2) is 48.5 Å². The molecule has 0 spiro atoms. The number of carbonyl (C=O) groups is 1. The molecule has 5 nitrogen and oxygen atoms in total. The zero-order chi connectivity index (χ0) is 12.3. The van der Waals surface area contributed by atoms with E-state index in [2.05, 4.69) is 10.6 Å². The molecule has 0 aliphatic carbocycles. The minimum absolute atomic E-state index is 0.00257. The van der Waals surface area contributed by atoms with Crippen LogP contribution in [0.4, 0.5) is 0 Å². The standard InChI is InChI=1S/C12H22N2O3/c1-9-12(16,5-7-17-9)8-14-11(15)10-4-2-3-6-13-10/h9-10,13,16H,2-8H2,1H3,(H,14,15)/t9?,10-,12?/m0/s1. The van der Waals surface area contributed by atoms with Crippen LogP contribution in [0.25, 0.3) is 0 Å². The third-order valence-corrected chi connectivity index (χ3v) is 3.86. The molecule has 2 saturated heterocycles. The second-order valence-corrected chi connectivity index (χ2v) is 5.09. The molecule has 2 aliphatic heterocycles. The smallest absolute Gasteiger partial charge is 0.237 e. The van der Waals surface area contributed by atoms with E-state index in [-0.39, 0.29) is 24.6 Å². The molecule has 0 aromatic heterocycles. The highest BCUT2D eigenvalue weighted by Gasteiger charge is 2.40. The third-order valence-electron chi connectivity index (χ3n) is 3.86. The van der Waals surface area contributed by atoms with Gasteiger partial charge in [0.1, 0.15) is 5.60 Å². The van der Waals surface area contributed by atoms with Crippen molar-refractivity contribution in [3.63, 3.8) is 0 Å². The van der Waals surface area contributed by atoms with Gasteiger partial charge in [0.25, 0.3) is 0 Å². The molecular weight excluding hydrogens is 220 g/mol. The first-order valence-electron chi connectivity index (χ1n) is 6.47. The number of piperidine rings is 1. The van der Waals surface area contributed by atoms with Gasteiger partial charge in [-0.15, -0.1) is 0 Å². The molecule has 5 heteroatoms. The summed E-state index contributed by atoms with van der Waals surface area (Å²) in [6.07, 6.45) is 3.50. The summed E-state index contributed by atoms with van der Waals surface area (Å²) in [4.78, 5) is 11.9. The van der Waals surface area contributed by atoms with Crippen LogP contribution in [-0.2, 0) is 9.53 Å². The first-order valence-corrected chi connectivity index (χ1v) is 6.47. The highest BCUT2D eigenvalue weighted by Crippen LogP contribution is 2.24. The molecule has 2 fully saturated rings. The molecule has 3 atom stereocenters. The Morgan fingerprint density at radius 3 is 3.00 bits per heavy atom. The van der Waals surface area contributed by atoms with Crippen molar-refractivity contribution in [1.29, 1.82) is 0 Å². The van der Waals surface area contributed by atoms with E-state index < -0.39 is 5.60 Å². The lowest BCUT2D eigenvalue weighted by molar-refractivity contribution is -0.125. The summed E-state index contributed by atoms with van der Waals surface area (Å²) in [5, 5.41) is 16.3. The van der Waals surface area contributed by atoms with Crippen LogP contribution in [0.5, 0.6) is 0 Å². The van der Waals surface area contributed by atoms with E-state index in [4.69, 9.17) is 4.74 Å². The van der Waals surface area contributed by atoms with Gasteiger partial charge in [-0.2, -0.15) is 0 Å². The van der Waals surface area contributed by atoms with Gasteiger partial charge in [0, 0.05) is 19.6 Å². The van der Waals surface area contributed by atoms with Gasteiger partial charge in [0.15, 0.2) is 0 Å². The molecule has 1 amide bonds. The summed E-state index contributed by atoms with van der Waals surface area (Å²) in [5.74, 6) is -0.00257. The van der Waals surface area contributed by atoms with Gasteiger partial charge in [0.2, 0.25) is 5.91 Å². The number of carbonyl (C=O) groups excluding carboxylic acids is 1. The van der Waals surface area contributed by atoms with E-state index in [1.165, 1.54) is 0 Å². The first kappa shape index (κ1) is 12.8. The van der Waals surface area contributed by atoms with Gasteiger partial charge in [-0.05, 0) is 26.3 Å². The molecule has 2 unspecified atom stereocenters. The van der Waals surface area contributed by atoms with Crippen molar-refractivity contribution in [2.24, 2.45) is 0 Å². The second-order valence-electron chi connectivity index (χ2n) is 5.09. The van der Waals surface area contributed by atoms with Gasteiger partial charge >= 0.3 is 0 Å². The molecule has 2 heterocycles. The van der Waals surface area contributed by atoms with Crippen molar-refractivity contribution in [1.82, 2.24) is 10.6 Å². The van der Waals surface area contributed by atoms with Crippen LogP contribution in [0.15, 0.2) is 0 Å². The summed E-state index contributed by atoms with van der Waals surface area (Å²) in [6, 6.07) is -0.0926. The summed E-state index contributed by atoms with van der Waals surface area (Å²) >= 11 is 0. The van der Waals surface area contributed by atoms with E-state index in [0.29, 0.717) is 13.0 Å². The van der Waals surface area contributed by atoms with E-state index in [0.717, 1.165) is 25.8 Å². The predicted molar refractivity (Wildman–Crippen MR) is 63.6 cm³/mol. The fourth-order valence-electron chi connectivity index (χ4n) is 2.44. The van der Waals surface area contributed by atoms with E-state index in [9.17, 15) is 9.90 Å². The molecule has 0 aromatic carbocycles. The maximum Gasteiger partial charge on any atom is 0.237 e. The number of ether oxygens (including phenoxy) is 1. The summed E-state index contributed by atoms with van der Waals surface area (Å²) in [6.45, 7) is 3.60. The van der Waals surface area contributed by atoms with Crippen LogP contribution in [0.1, 0.15) is 32.6 Å². The van der Waals surface area contributed by atoms with Crippen LogP contribution in [0.2, 0.25) is 0 Å². The Kier molecular flexibility index (Phi) is 4.01. The van der Waals surface area contributed by atoms with Crippen LogP contribution < -0.4 is 10.6 Å².